The molecular formula is C25H31N5O2S. The number of carbonyl (C=O) groups excluding carboxylic acids is 2. The van der Waals surface area contributed by atoms with Gasteiger partial charge in [-0.2, -0.15) is 0 Å². The Bertz CT molecular complexity index is 1140. The fourth-order valence-corrected chi connectivity index (χ4v) is 4.49. The summed E-state index contributed by atoms with van der Waals surface area (Å²) in [5.41, 5.74) is 4.67. The van der Waals surface area contributed by atoms with Gasteiger partial charge in [0.15, 0.2) is 11.0 Å². The Morgan fingerprint density at radius 1 is 1.06 bits per heavy atom. The van der Waals surface area contributed by atoms with E-state index in [1.807, 2.05) is 75.6 Å². The normalized spacial score (nSPS) is 11.8. The van der Waals surface area contributed by atoms with Gasteiger partial charge in [0.25, 0.3) is 5.91 Å². The number of aromatic nitrogens is 3. The van der Waals surface area contributed by atoms with Gasteiger partial charge in [-0.05, 0) is 63.4 Å². The average Bonchev–Trinajstić information content (AvgIpc) is 3.20. The third-order valence-corrected chi connectivity index (χ3v) is 6.92. The number of hydrogen-bond donors (Lipinski definition) is 2. The van der Waals surface area contributed by atoms with Crippen molar-refractivity contribution in [2.45, 2.75) is 64.5 Å². The second kappa shape index (κ2) is 11.1. The minimum Gasteiger partial charge on any atom is -0.345 e. The van der Waals surface area contributed by atoms with Crippen molar-refractivity contribution in [2.75, 3.05) is 5.32 Å². The summed E-state index contributed by atoms with van der Waals surface area (Å²) < 4.78 is 1.94. The Kier molecular flexibility index (Phi) is 8.27. The molecule has 8 heteroatoms. The Balaban J connectivity index is 1.68. The van der Waals surface area contributed by atoms with E-state index in [-0.39, 0.29) is 23.6 Å². The van der Waals surface area contributed by atoms with Gasteiger partial charge in [-0.1, -0.05) is 48.5 Å². The molecule has 7 nitrogen and oxygen atoms in total. The first-order chi connectivity index (χ1) is 15.8. The van der Waals surface area contributed by atoms with E-state index in [4.69, 9.17) is 0 Å². The van der Waals surface area contributed by atoms with Crippen LogP contribution in [0.4, 0.5) is 5.69 Å². The predicted molar refractivity (Wildman–Crippen MR) is 133 cm³/mol. The number of carbonyl (C=O) groups is 2. The maximum Gasteiger partial charge on any atom is 0.251 e. The Morgan fingerprint density at radius 2 is 1.82 bits per heavy atom. The number of hydrogen-bond acceptors (Lipinski definition) is 5. The summed E-state index contributed by atoms with van der Waals surface area (Å²) in [5, 5.41) is 14.9. The largest absolute Gasteiger partial charge is 0.345 e. The van der Waals surface area contributed by atoms with Gasteiger partial charge in [-0.25, -0.2) is 0 Å². The van der Waals surface area contributed by atoms with Crippen LogP contribution < -0.4 is 10.6 Å². The minimum atomic E-state index is -0.311. The molecule has 2 amide bonds. The Labute approximate surface area is 199 Å². The molecule has 2 aromatic carbocycles. The predicted octanol–water partition coefficient (Wildman–Crippen LogP) is 4.66. The second-order valence-corrected chi connectivity index (χ2v) is 9.12. The molecule has 0 aliphatic rings. The maximum atomic E-state index is 13.0. The lowest BCUT2D eigenvalue weighted by Gasteiger charge is -2.17. The number of thioether (sulfide) groups is 1. The lowest BCUT2D eigenvalue weighted by molar-refractivity contribution is -0.115. The number of benzene rings is 2. The summed E-state index contributed by atoms with van der Waals surface area (Å²) >= 11 is 1.40. The Hall–Kier alpha value is -3.13. The molecular weight excluding hydrogens is 434 g/mol. The molecule has 0 saturated heterocycles. The summed E-state index contributed by atoms with van der Waals surface area (Å²) in [6.45, 7) is 10.9. The number of nitrogens with one attached hydrogen (secondary N) is 2. The average molecular weight is 466 g/mol. The molecule has 1 heterocycles. The monoisotopic (exact) mass is 465 g/mol. The van der Waals surface area contributed by atoms with Gasteiger partial charge in [0.1, 0.15) is 0 Å². The molecule has 0 spiro atoms. The number of anilines is 1. The molecule has 0 unspecified atom stereocenters. The van der Waals surface area contributed by atoms with E-state index in [1.165, 1.54) is 11.8 Å². The van der Waals surface area contributed by atoms with Crippen LogP contribution in [0.1, 0.15) is 53.1 Å². The fraction of sp³-hybridized carbons (Fsp3) is 0.360. The standard InChI is InChI=1S/C25H31N5O2S/c1-6-21(24(32)27-20-13-9-11-17(4)18(20)5)33-25-29-28-22(30(25)7-2)15-26-23(31)19-12-8-10-16(3)14-19/h8-14,21H,6-7,15H2,1-5H3,(H,26,31)(H,27,32)/t21-/m1/s1. The minimum absolute atomic E-state index is 0.0591. The molecule has 3 aromatic rings. The third kappa shape index (κ3) is 6.01. The molecule has 1 aromatic heterocycles. The highest BCUT2D eigenvalue weighted by molar-refractivity contribution is 8.00. The van der Waals surface area contributed by atoms with Crippen LogP contribution in [-0.4, -0.2) is 31.8 Å². The van der Waals surface area contributed by atoms with Gasteiger partial charge < -0.3 is 15.2 Å². The van der Waals surface area contributed by atoms with Crippen LogP contribution in [0.25, 0.3) is 0 Å². The topological polar surface area (TPSA) is 88.9 Å². The molecule has 3 rings (SSSR count). The number of amides is 2. The van der Waals surface area contributed by atoms with E-state index in [9.17, 15) is 9.59 Å². The van der Waals surface area contributed by atoms with Crippen molar-refractivity contribution in [1.29, 1.82) is 0 Å². The van der Waals surface area contributed by atoms with Crippen LogP contribution in [0, 0.1) is 20.8 Å². The smallest absolute Gasteiger partial charge is 0.251 e. The molecule has 2 N–H and O–H groups in total. The van der Waals surface area contributed by atoms with E-state index in [2.05, 4.69) is 20.8 Å². The van der Waals surface area contributed by atoms with Crippen molar-refractivity contribution >= 4 is 29.3 Å². The summed E-state index contributed by atoms with van der Waals surface area (Å²) in [4.78, 5) is 25.5. The van der Waals surface area contributed by atoms with Gasteiger partial charge >= 0.3 is 0 Å². The van der Waals surface area contributed by atoms with Gasteiger partial charge in [0.05, 0.1) is 11.8 Å². The molecule has 174 valence electrons. The highest BCUT2D eigenvalue weighted by Gasteiger charge is 2.23. The molecule has 0 bridgehead atoms. The van der Waals surface area contributed by atoms with Crippen molar-refractivity contribution in [2.24, 2.45) is 0 Å². The van der Waals surface area contributed by atoms with Crippen LogP contribution >= 0.6 is 11.8 Å². The number of rotatable bonds is 9. The third-order valence-electron chi connectivity index (χ3n) is 5.57. The van der Waals surface area contributed by atoms with Crippen LogP contribution in [0.3, 0.4) is 0 Å². The van der Waals surface area contributed by atoms with Crippen LogP contribution in [0.5, 0.6) is 0 Å². The molecule has 0 aliphatic heterocycles. The highest BCUT2D eigenvalue weighted by Crippen LogP contribution is 2.27. The quantitative estimate of drug-likeness (QED) is 0.449. The van der Waals surface area contributed by atoms with Gasteiger partial charge in [0, 0.05) is 17.8 Å². The second-order valence-electron chi connectivity index (χ2n) is 7.95. The molecule has 0 saturated carbocycles. The molecule has 1 atom stereocenters. The van der Waals surface area contributed by atoms with Crippen molar-refractivity contribution in [3.05, 3.63) is 70.5 Å². The molecule has 33 heavy (non-hydrogen) atoms. The lowest BCUT2D eigenvalue weighted by atomic mass is 10.1. The van der Waals surface area contributed by atoms with Crippen LogP contribution in [0.2, 0.25) is 0 Å². The molecule has 0 radical (unpaired) electrons. The van der Waals surface area contributed by atoms with Gasteiger partial charge in [-0.15, -0.1) is 10.2 Å². The number of nitrogens with zero attached hydrogens (tertiary/aromatic N) is 3. The fourth-order valence-electron chi connectivity index (χ4n) is 3.45. The zero-order valence-corrected chi connectivity index (χ0v) is 20.6. The molecule has 0 fully saturated rings. The Morgan fingerprint density at radius 3 is 2.52 bits per heavy atom. The van der Waals surface area contributed by atoms with Crippen molar-refractivity contribution in [1.82, 2.24) is 20.1 Å². The zero-order chi connectivity index (χ0) is 24.0. The van der Waals surface area contributed by atoms with Gasteiger partial charge in [-0.3, -0.25) is 9.59 Å². The summed E-state index contributed by atoms with van der Waals surface area (Å²) in [7, 11) is 0. The van der Waals surface area contributed by atoms with Gasteiger partial charge in [0.2, 0.25) is 5.91 Å². The first kappa shape index (κ1) is 24.5. The maximum absolute atomic E-state index is 13.0. The summed E-state index contributed by atoms with van der Waals surface area (Å²) in [6, 6.07) is 13.3. The zero-order valence-electron chi connectivity index (χ0n) is 19.8. The van der Waals surface area contributed by atoms with E-state index >= 15 is 0 Å². The first-order valence-electron chi connectivity index (χ1n) is 11.1. The van der Waals surface area contributed by atoms with E-state index in [0.717, 1.165) is 22.4 Å². The van der Waals surface area contributed by atoms with Crippen molar-refractivity contribution < 1.29 is 9.59 Å². The van der Waals surface area contributed by atoms with E-state index in [1.54, 1.807) is 6.07 Å². The lowest BCUT2D eigenvalue weighted by Crippen LogP contribution is -2.26. The van der Waals surface area contributed by atoms with E-state index in [0.29, 0.717) is 29.5 Å². The molecule has 0 aliphatic carbocycles. The summed E-state index contributed by atoms with van der Waals surface area (Å²) in [5.74, 6) is 0.444. The first-order valence-corrected chi connectivity index (χ1v) is 12.0. The van der Waals surface area contributed by atoms with Crippen LogP contribution in [-0.2, 0) is 17.9 Å². The van der Waals surface area contributed by atoms with E-state index < -0.39 is 0 Å². The highest BCUT2D eigenvalue weighted by atomic mass is 32.2. The van der Waals surface area contributed by atoms with Crippen molar-refractivity contribution in [3.8, 4) is 0 Å². The SMILES string of the molecule is CC[C@@H](Sc1nnc(CNC(=O)c2cccc(C)c2)n1CC)C(=O)Nc1cccc(C)c1C. The van der Waals surface area contributed by atoms with Crippen molar-refractivity contribution in [3.63, 3.8) is 0 Å². The summed E-state index contributed by atoms with van der Waals surface area (Å²) in [6.07, 6.45) is 0.650. The number of aryl methyl sites for hydroxylation is 2. The van der Waals surface area contributed by atoms with Crippen LogP contribution in [0.15, 0.2) is 47.6 Å².